The molecule has 0 radical (unpaired) electrons. The Morgan fingerprint density at radius 1 is 1.42 bits per heavy atom. The van der Waals surface area contributed by atoms with Gasteiger partial charge in [-0.2, -0.15) is 0 Å². The van der Waals surface area contributed by atoms with Gasteiger partial charge < -0.3 is 0 Å². The quantitative estimate of drug-likeness (QED) is 0.573. The molecule has 68 valence electrons. The Labute approximate surface area is 75.2 Å². The van der Waals surface area contributed by atoms with Crippen LogP contribution in [0.3, 0.4) is 0 Å². The zero-order valence-corrected chi connectivity index (χ0v) is 8.21. The van der Waals surface area contributed by atoms with Crippen molar-refractivity contribution in [3.63, 3.8) is 0 Å². The van der Waals surface area contributed by atoms with Crippen LogP contribution in [0.1, 0.15) is 33.6 Å². The van der Waals surface area contributed by atoms with Gasteiger partial charge in [-0.25, -0.2) is 0 Å². The highest BCUT2D eigenvalue weighted by Crippen LogP contribution is 2.04. The van der Waals surface area contributed by atoms with Crippen molar-refractivity contribution in [2.45, 2.75) is 33.6 Å². The minimum atomic E-state index is 0.226. The van der Waals surface area contributed by atoms with E-state index in [9.17, 15) is 4.79 Å². The molecule has 0 saturated carbocycles. The van der Waals surface area contributed by atoms with Gasteiger partial charge in [-0.15, -0.1) is 0 Å². The molecule has 0 aromatic rings. The van der Waals surface area contributed by atoms with E-state index in [2.05, 4.69) is 25.2 Å². The lowest BCUT2D eigenvalue weighted by atomic mass is 10.1. The Kier molecular flexibility index (Phi) is 6.35. The summed E-state index contributed by atoms with van der Waals surface area (Å²) >= 11 is 0. The van der Waals surface area contributed by atoms with E-state index < -0.39 is 0 Å². The lowest BCUT2D eigenvalue weighted by molar-refractivity contribution is -0.116. The van der Waals surface area contributed by atoms with E-state index in [0.717, 1.165) is 6.42 Å². The Morgan fingerprint density at radius 2 is 2.08 bits per heavy atom. The van der Waals surface area contributed by atoms with E-state index in [1.165, 1.54) is 0 Å². The molecule has 0 saturated heterocycles. The van der Waals surface area contributed by atoms with Crippen LogP contribution < -0.4 is 0 Å². The van der Waals surface area contributed by atoms with E-state index in [-0.39, 0.29) is 5.78 Å². The average molecular weight is 166 g/mol. The summed E-state index contributed by atoms with van der Waals surface area (Å²) in [6.45, 7) is 5.78. The van der Waals surface area contributed by atoms with Gasteiger partial charge in [-0.3, -0.25) is 4.79 Å². The van der Waals surface area contributed by atoms with Gasteiger partial charge in [0.25, 0.3) is 0 Å². The van der Waals surface area contributed by atoms with Crippen molar-refractivity contribution in [2.24, 2.45) is 5.92 Å². The summed E-state index contributed by atoms with van der Waals surface area (Å²) in [5, 5.41) is 0. The standard InChI is InChI=1S/C11H18O/c1-4-5-7-10(2)8-6-9-11(3)12/h4-6,8,10H,7,9H2,1-3H3/b5-4+,8-6+. The predicted molar refractivity (Wildman–Crippen MR) is 53.0 cm³/mol. The largest absolute Gasteiger partial charge is 0.300 e. The molecule has 1 unspecified atom stereocenters. The van der Waals surface area contributed by atoms with Crippen molar-refractivity contribution in [1.29, 1.82) is 0 Å². The third kappa shape index (κ3) is 7.26. The molecule has 1 heteroatoms. The van der Waals surface area contributed by atoms with Crippen molar-refractivity contribution in [1.82, 2.24) is 0 Å². The highest BCUT2D eigenvalue weighted by atomic mass is 16.1. The van der Waals surface area contributed by atoms with Crippen molar-refractivity contribution in [3.8, 4) is 0 Å². The van der Waals surface area contributed by atoms with Gasteiger partial charge in [-0.1, -0.05) is 31.2 Å². The Morgan fingerprint density at radius 3 is 2.58 bits per heavy atom. The van der Waals surface area contributed by atoms with Crippen molar-refractivity contribution >= 4 is 5.78 Å². The molecule has 0 aromatic heterocycles. The highest BCUT2D eigenvalue weighted by Gasteiger charge is 1.92. The lowest BCUT2D eigenvalue weighted by Gasteiger charge is -1.99. The van der Waals surface area contributed by atoms with Crippen LogP contribution in [0.25, 0.3) is 0 Å². The van der Waals surface area contributed by atoms with Crippen molar-refractivity contribution < 1.29 is 4.79 Å². The summed E-state index contributed by atoms with van der Waals surface area (Å²) in [7, 11) is 0. The van der Waals surface area contributed by atoms with Crippen molar-refractivity contribution in [2.75, 3.05) is 0 Å². The first-order valence-corrected chi connectivity index (χ1v) is 4.44. The maximum absolute atomic E-state index is 10.6. The van der Waals surface area contributed by atoms with Crippen LogP contribution in [-0.4, -0.2) is 5.78 Å². The van der Waals surface area contributed by atoms with Crippen LogP contribution in [0.15, 0.2) is 24.3 Å². The summed E-state index contributed by atoms with van der Waals surface area (Å²) in [4.78, 5) is 10.6. The topological polar surface area (TPSA) is 17.1 Å². The van der Waals surface area contributed by atoms with E-state index in [1.54, 1.807) is 6.92 Å². The van der Waals surface area contributed by atoms with E-state index >= 15 is 0 Å². The zero-order valence-electron chi connectivity index (χ0n) is 8.21. The molecule has 1 nitrogen and oxygen atoms in total. The molecule has 1 atom stereocenters. The van der Waals surface area contributed by atoms with Crippen LogP contribution in [0.2, 0.25) is 0 Å². The predicted octanol–water partition coefficient (Wildman–Crippen LogP) is 3.12. The van der Waals surface area contributed by atoms with Gasteiger partial charge >= 0.3 is 0 Å². The van der Waals surface area contributed by atoms with Gasteiger partial charge in [0, 0.05) is 6.42 Å². The van der Waals surface area contributed by atoms with Crippen LogP contribution in [0.5, 0.6) is 0 Å². The maximum atomic E-state index is 10.6. The van der Waals surface area contributed by atoms with Crippen LogP contribution in [0.4, 0.5) is 0 Å². The number of hydrogen-bond acceptors (Lipinski definition) is 1. The minimum absolute atomic E-state index is 0.226. The second kappa shape index (κ2) is 6.84. The van der Waals surface area contributed by atoms with E-state index in [1.807, 2.05) is 13.0 Å². The van der Waals surface area contributed by atoms with Gasteiger partial charge in [0.2, 0.25) is 0 Å². The minimum Gasteiger partial charge on any atom is -0.300 e. The number of ketones is 1. The number of Topliss-reactive ketones (excluding diaryl/α,β-unsaturated/α-hetero) is 1. The number of carbonyl (C=O) groups is 1. The number of allylic oxidation sites excluding steroid dienone is 4. The Balaban J connectivity index is 3.60. The molecule has 0 aromatic carbocycles. The van der Waals surface area contributed by atoms with E-state index in [0.29, 0.717) is 12.3 Å². The molecule has 0 aliphatic heterocycles. The maximum Gasteiger partial charge on any atom is 0.133 e. The molecule has 0 heterocycles. The van der Waals surface area contributed by atoms with Gasteiger partial charge in [0.1, 0.15) is 5.78 Å². The summed E-state index contributed by atoms with van der Waals surface area (Å²) in [6.07, 6.45) is 9.88. The molecule has 0 aliphatic rings. The summed E-state index contributed by atoms with van der Waals surface area (Å²) in [6, 6.07) is 0. The third-order valence-electron chi connectivity index (χ3n) is 1.61. The summed E-state index contributed by atoms with van der Waals surface area (Å²) < 4.78 is 0. The normalized spacial score (nSPS) is 14.2. The van der Waals surface area contributed by atoms with Crippen molar-refractivity contribution in [3.05, 3.63) is 24.3 Å². The van der Waals surface area contributed by atoms with Gasteiger partial charge in [0.15, 0.2) is 0 Å². The molecule has 0 bridgehead atoms. The Hall–Kier alpha value is -0.850. The van der Waals surface area contributed by atoms with Gasteiger partial charge in [-0.05, 0) is 26.2 Å². The molecule has 0 aliphatic carbocycles. The first-order chi connectivity index (χ1) is 5.66. The lowest BCUT2D eigenvalue weighted by Crippen LogP contribution is -1.88. The molecule has 0 fully saturated rings. The zero-order chi connectivity index (χ0) is 9.40. The number of carbonyl (C=O) groups excluding carboxylic acids is 1. The SMILES string of the molecule is C/C=C/CC(C)/C=C/CC(C)=O. The van der Waals surface area contributed by atoms with Crippen LogP contribution in [-0.2, 0) is 4.79 Å². The molecular weight excluding hydrogens is 148 g/mol. The first kappa shape index (κ1) is 11.2. The third-order valence-corrected chi connectivity index (χ3v) is 1.61. The van der Waals surface area contributed by atoms with E-state index in [4.69, 9.17) is 0 Å². The molecular formula is C11H18O. The number of hydrogen-bond donors (Lipinski definition) is 0. The number of rotatable bonds is 5. The molecule has 0 rings (SSSR count). The Bertz CT molecular complexity index is 177. The first-order valence-electron chi connectivity index (χ1n) is 4.44. The van der Waals surface area contributed by atoms with Gasteiger partial charge in [0.05, 0.1) is 0 Å². The fraction of sp³-hybridized carbons (Fsp3) is 0.545. The smallest absolute Gasteiger partial charge is 0.133 e. The monoisotopic (exact) mass is 166 g/mol. The molecule has 0 spiro atoms. The van der Waals surface area contributed by atoms with Crippen LogP contribution in [0, 0.1) is 5.92 Å². The second-order valence-corrected chi connectivity index (χ2v) is 3.12. The summed E-state index contributed by atoms with van der Waals surface area (Å²) in [5.74, 6) is 0.769. The molecule has 0 N–H and O–H groups in total. The average Bonchev–Trinajstić information content (AvgIpc) is 2.00. The molecule has 0 amide bonds. The van der Waals surface area contributed by atoms with Crippen LogP contribution >= 0.6 is 0 Å². The second-order valence-electron chi connectivity index (χ2n) is 3.12. The molecule has 12 heavy (non-hydrogen) atoms. The highest BCUT2D eigenvalue weighted by molar-refractivity contribution is 5.76. The summed E-state index contributed by atoms with van der Waals surface area (Å²) in [5.41, 5.74) is 0. The fourth-order valence-corrected chi connectivity index (χ4v) is 0.896. The fourth-order valence-electron chi connectivity index (χ4n) is 0.896.